The van der Waals surface area contributed by atoms with Crippen LogP contribution in [0.1, 0.15) is 99.9 Å². The van der Waals surface area contributed by atoms with Gasteiger partial charge in [0.15, 0.2) is 0 Å². The van der Waals surface area contributed by atoms with E-state index in [4.69, 9.17) is 0 Å². The van der Waals surface area contributed by atoms with E-state index in [0.717, 1.165) is 54.7 Å². The van der Waals surface area contributed by atoms with Crippen LogP contribution in [-0.2, 0) is 17.8 Å². The van der Waals surface area contributed by atoms with Gasteiger partial charge in [-0.05, 0) is 56.2 Å². The first-order chi connectivity index (χ1) is 20.0. The molecule has 2 saturated carbocycles. The summed E-state index contributed by atoms with van der Waals surface area (Å²) in [5.41, 5.74) is 4.90. The molecule has 3 N–H and O–H groups in total. The van der Waals surface area contributed by atoms with E-state index in [1.807, 2.05) is 26.0 Å². The lowest BCUT2D eigenvalue weighted by Gasteiger charge is -2.42. The van der Waals surface area contributed by atoms with E-state index in [-0.39, 0.29) is 17.7 Å². The molecule has 9 heteroatoms. The molecule has 0 unspecified atom stereocenters. The number of H-pyrrole nitrogens is 1. The van der Waals surface area contributed by atoms with Crippen molar-refractivity contribution in [2.24, 2.45) is 17.8 Å². The van der Waals surface area contributed by atoms with Crippen molar-refractivity contribution in [1.29, 1.82) is 0 Å². The predicted molar refractivity (Wildman–Crippen MR) is 160 cm³/mol. The zero-order chi connectivity index (χ0) is 28.8. The smallest absolute Gasteiger partial charge is 0.270 e. The molecule has 0 radical (unpaired) electrons. The van der Waals surface area contributed by atoms with Crippen LogP contribution in [-0.4, -0.2) is 42.8 Å². The second-order valence-electron chi connectivity index (χ2n) is 11.8. The Bertz CT molecular complexity index is 1280. The first-order valence-electron chi connectivity index (χ1n) is 15.6. The number of hydrogen-bond acceptors (Lipinski definition) is 5. The Morgan fingerprint density at radius 3 is 2.27 bits per heavy atom. The van der Waals surface area contributed by atoms with E-state index in [9.17, 15) is 9.59 Å². The molecular weight excluding hydrogens is 514 g/mol. The van der Waals surface area contributed by atoms with Gasteiger partial charge in [0.05, 0.1) is 23.3 Å². The zero-order valence-electron chi connectivity index (χ0n) is 24.8. The summed E-state index contributed by atoms with van der Waals surface area (Å²) >= 11 is 0. The van der Waals surface area contributed by atoms with Crippen molar-refractivity contribution in [3.8, 4) is 11.3 Å². The summed E-state index contributed by atoms with van der Waals surface area (Å²) in [6, 6.07) is 4.93. The average Bonchev–Trinajstić information content (AvgIpc) is 3.64. The van der Waals surface area contributed by atoms with Gasteiger partial charge in [0.25, 0.3) is 5.91 Å². The Morgan fingerprint density at radius 1 is 1.00 bits per heavy atom. The number of nitrogens with one attached hydrogen (secondary N) is 3. The molecule has 41 heavy (non-hydrogen) atoms. The minimum Gasteiger partial charge on any atom is -0.339 e. The molecule has 3 aromatic rings. The molecule has 2 amide bonds. The van der Waals surface area contributed by atoms with Gasteiger partial charge in [-0.2, -0.15) is 10.2 Å². The molecule has 1 atom stereocenters. The van der Waals surface area contributed by atoms with Crippen molar-refractivity contribution in [1.82, 2.24) is 30.3 Å². The van der Waals surface area contributed by atoms with Gasteiger partial charge in [0.2, 0.25) is 5.91 Å². The number of carbonyl (C=O) groups is 2. The van der Waals surface area contributed by atoms with Gasteiger partial charge in [-0.15, -0.1) is 0 Å². The highest BCUT2D eigenvalue weighted by atomic mass is 16.2. The van der Waals surface area contributed by atoms with Crippen LogP contribution in [0.25, 0.3) is 11.3 Å². The number of aromatic nitrogens is 5. The summed E-state index contributed by atoms with van der Waals surface area (Å²) < 4.78 is 1.69. The molecule has 0 saturated heterocycles. The number of anilines is 1. The maximum absolute atomic E-state index is 14.2. The van der Waals surface area contributed by atoms with Crippen molar-refractivity contribution in [3.63, 3.8) is 0 Å². The Labute approximate surface area is 243 Å². The molecule has 0 spiro atoms. The molecule has 3 aromatic heterocycles. The predicted octanol–water partition coefficient (Wildman–Crippen LogP) is 6.07. The number of hydrogen-bond donors (Lipinski definition) is 3. The first-order valence-corrected chi connectivity index (χ1v) is 15.6. The van der Waals surface area contributed by atoms with Crippen LogP contribution >= 0.6 is 0 Å². The molecule has 0 bridgehead atoms. The van der Waals surface area contributed by atoms with Crippen LogP contribution in [0.5, 0.6) is 0 Å². The van der Waals surface area contributed by atoms with E-state index in [0.29, 0.717) is 29.8 Å². The summed E-state index contributed by atoms with van der Waals surface area (Å²) in [5.74, 6) is 0.556. The first kappa shape index (κ1) is 29.0. The zero-order valence-corrected chi connectivity index (χ0v) is 24.8. The molecule has 2 fully saturated rings. The maximum atomic E-state index is 14.2. The molecule has 2 aliphatic carbocycles. The quantitative estimate of drug-likeness (QED) is 0.279. The van der Waals surface area contributed by atoms with Crippen molar-refractivity contribution in [3.05, 3.63) is 47.7 Å². The topological polar surface area (TPSA) is 118 Å². The molecule has 3 heterocycles. The van der Waals surface area contributed by atoms with E-state index >= 15 is 0 Å². The molecule has 220 valence electrons. The van der Waals surface area contributed by atoms with Crippen molar-refractivity contribution >= 4 is 17.5 Å². The van der Waals surface area contributed by atoms with Crippen LogP contribution in [0, 0.1) is 24.7 Å². The molecule has 0 aromatic carbocycles. The monoisotopic (exact) mass is 559 g/mol. The van der Waals surface area contributed by atoms with E-state index in [1.54, 1.807) is 23.1 Å². The largest absolute Gasteiger partial charge is 0.339 e. The fourth-order valence-electron chi connectivity index (χ4n) is 7.21. The summed E-state index contributed by atoms with van der Waals surface area (Å²) in [7, 11) is 0. The summed E-state index contributed by atoms with van der Waals surface area (Å²) in [6.45, 7) is 6.62. The van der Waals surface area contributed by atoms with Gasteiger partial charge < -0.3 is 10.6 Å². The molecule has 9 nitrogen and oxygen atoms in total. The third kappa shape index (κ3) is 6.54. The molecule has 5 rings (SSSR count). The lowest BCUT2D eigenvalue weighted by atomic mass is 9.66. The highest BCUT2D eigenvalue weighted by Crippen LogP contribution is 2.42. The van der Waals surface area contributed by atoms with Gasteiger partial charge in [-0.3, -0.25) is 24.4 Å². The van der Waals surface area contributed by atoms with Crippen LogP contribution in [0.3, 0.4) is 0 Å². The minimum absolute atomic E-state index is 0.102. The van der Waals surface area contributed by atoms with Crippen molar-refractivity contribution in [2.45, 2.75) is 104 Å². The van der Waals surface area contributed by atoms with Gasteiger partial charge >= 0.3 is 0 Å². The second-order valence-corrected chi connectivity index (χ2v) is 11.8. The number of nitrogens with zero attached hydrogens (tertiary/aromatic N) is 4. The van der Waals surface area contributed by atoms with Gasteiger partial charge in [0.1, 0.15) is 11.7 Å². The van der Waals surface area contributed by atoms with E-state index < -0.39 is 6.04 Å². The number of aryl methyl sites for hydroxylation is 3. The SMILES string of the molecule is CCc1n[nH]c(C)c1-c1ccc(NC(=O)[C@@H](NC(=O)c2ccnn2CC)C(C2CCCCC2)C2CCCCC2)cn1. The van der Waals surface area contributed by atoms with Crippen LogP contribution in [0.15, 0.2) is 30.6 Å². The fourth-order valence-corrected chi connectivity index (χ4v) is 7.21. The number of amides is 2. The number of rotatable bonds is 10. The van der Waals surface area contributed by atoms with E-state index in [1.165, 1.54) is 38.5 Å². The van der Waals surface area contributed by atoms with Crippen LogP contribution in [0.4, 0.5) is 5.69 Å². The Hall–Kier alpha value is -3.49. The van der Waals surface area contributed by atoms with Gasteiger partial charge in [-0.1, -0.05) is 71.1 Å². The van der Waals surface area contributed by atoms with Crippen LogP contribution in [0.2, 0.25) is 0 Å². The fraction of sp³-hybridized carbons (Fsp3) is 0.594. The molecule has 0 aliphatic heterocycles. The Balaban J connectivity index is 1.43. The Morgan fingerprint density at radius 2 is 1.68 bits per heavy atom. The number of pyridine rings is 1. The lowest BCUT2D eigenvalue weighted by Crippen LogP contribution is -2.53. The standard InChI is InChI=1S/C32H45N7O2/c1-4-25-28(21(3)37-38-25)26-17-16-24(20-33-26)35-32(41)30(36-31(40)27-18-19-34-39(27)5-2)29(22-12-8-6-9-13-22)23-14-10-7-11-15-23/h16-20,22-23,29-30H,4-15H2,1-3H3,(H,35,41)(H,36,40)(H,37,38)/t30-/m0/s1. The summed E-state index contributed by atoms with van der Waals surface area (Å²) in [5, 5.41) is 18.1. The van der Waals surface area contributed by atoms with Gasteiger partial charge in [0, 0.05) is 24.0 Å². The van der Waals surface area contributed by atoms with Crippen LogP contribution < -0.4 is 10.6 Å². The normalized spacial score (nSPS) is 17.5. The molecule has 2 aliphatic rings. The third-order valence-electron chi connectivity index (χ3n) is 9.24. The molecular formula is C32H45N7O2. The Kier molecular flexibility index (Phi) is 9.52. The van der Waals surface area contributed by atoms with Gasteiger partial charge in [-0.25, -0.2) is 0 Å². The lowest BCUT2D eigenvalue weighted by molar-refractivity contribution is -0.120. The third-order valence-corrected chi connectivity index (χ3v) is 9.24. The van der Waals surface area contributed by atoms with Crippen molar-refractivity contribution in [2.75, 3.05) is 5.32 Å². The number of aromatic amines is 1. The maximum Gasteiger partial charge on any atom is 0.270 e. The van der Waals surface area contributed by atoms with E-state index in [2.05, 4.69) is 37.8 Å². The number of carbonyl (C=O) groups excluding carboxylic acids is 2. The summed E-state index contributed by atoms with van der Waals surface area (Å²) in [4.78, 5) is 32.5. The van der Waals surface area contributed by atoms with Crippen molar-refractivity contribution < 1.29 is 9.59 Å². The highest BCUT2D eigenvalue weighted by Gasteiger charge is 2.41. The minimum atomic E-state index is -0.628. The average molecular weight is 560 g/mol. The highest BCUT2D eigenvalue weighted by molar-refractivity contribution is 6.00. The second kappa shape index (κ2) is 13.4. The summed E-state index contributed by atoms with van der Waals surface area (Å²) in [6.07, 6.45) is 15.9.